The molecule has 1 aliphatic heterocycles. The number of nitrogens with zero attached hydrogens (tertiary/aromatic N) is 2. The molecule has 1 aliphatic rings. The Kier molecular flexibility index (Phi) is 8.25. The van der Waals surface area contributed by atoms with Crippen LogP contribution in [0.5, 0.6) is 0 Å². The molecule has 2 atom stereocenters. The number of benzene rings is 3. The van der Waals surface area contributed by atoms with Gasteiger partial charge < -0.3 is 15.4 Å². The van der Waals surface area contributed by atoms with E-state index in [0.717, 1.165) is 22.3 Å². The van der Waals surface area contributed by atoms with E-state index in [9.17, 15) is 13.6 Å². The number of fused-ring (bicyclic) bond motifs is 1. The molecule has 3 aromatic rings. The number of rotatable bonds is 7. The summed E-state index contributed by atoms with van der Waals surface area (Å²) in [4.78, 5) is 17.0. The summed E-state index contributed by atoms with van der Waals surface area (Å²) in [6.07, 6.45) is 0.211. The van der Waals surface area contributed by atoms with E-state index in [1.54, 1.807) is 23.1 Å². The molecule has 4 rings (SSSR count). The molecule has 0 aromatic heterocycles. The lowest BCUT2D eigenvalue weighted by molar-refractivity contribution is 0.0192. The summed E-state index contributed by atoms with van der Waals surface area (Å²) in [5.74, 6) is -0.592. The van der Waals surface area contributed by atoms with E-state index >= 15 is 0 Å². The summed E-state index contributed by atoms with van der Waals surface area (Å²) in [6.45, 7) is 7.37. The summed E-state index contributed by atoms with van der Waals surface area (Å²) >= 11 is 0. The van der Waals surface area contributed by atoms with Crippen LogP contribution in [-0.2, 0) is 24.2 Å². The topological polar surface area (TPSA) is 58.8 Å². The molecule has 2 N–H and O–H groups in total. The number of nitrogens with two attached hydrogens (primary N) is 1. The monoisotopic (exact) mass is 507 g/mol. The van der Waals surface area contributed by atoms with Crippen LogP contribution in [0.4, 0.5) is 13.6 Å². The lowest BCUT2D eigenvalue weighted by Crippen LogP contribution is -2.50. The first-order valence-corrected chi connectivity index (χ1v) is 12.6. The van der Waals surface area contributed by atoms with Crippen molar-refractivity contribution in [3.63, 3.8) is 0 Å². The molecular weight excluding hydrogens is 472 g/mol. The molecule has 5 nitrogen and oxygen atoms in total. The first-order chi connectivity index (χ1) is 17.6. The Morgan fingerprint density at radius 1 is 1.00 bits per heavy atom. The number of amides is 1. The average Bonchev–Trinajstić information content (AvgIpc) is 2.84. The first kappa shape index (κ1) is 26.8. The van der Waals surface area contributed by atoms with E-state index in [1.165, 1.54) is 24.3 Å². The van der Waals surface area contributed by atoms with E-state index in [0.29, 0.717) is 32.6 Å². The fraction of sp³-hybridized carbons (Fsp3) is 0.367. The molecule has 2 unspecified atom stereocenters. The predicted molar refractivity (Wildman–Crippen MR) is 141 cm³/mol. The van der Waals surface area contributed by atoms with Crippen molar-refractivity contribution in [2.24, 2.45) is 5.73 Å². The van der Waals surface area contributed by atoms with E-state index in [-0.39, 0.29) is 29.8 Å². The third-order valence-electron chi connectivity index (χ3n) is 6.60. The standard InChI is InChI=1S/C30H35F2N3O2/c1-30(2,3)37-29(36)35(19-22-7-5-4-6-8-22)16-15-34-20-23-18-25(32)13-14-26(23)28(33)27(34)17-21-9-11-24(31)12-10-21/h4-14,18,27-28H,15-17,19-20,33H2,1-3H3. The van der Waals surface area contributed by atoms with E-state index in [2.05, 4.69) is 4.90 Å². The van der Waals surface area contributed by atoms with Gasteiger partial charge in [0.15, 0.2) is 0 Å². The summed E-state index contributed by atoms with van der Waals surface area (Å²) < 4.78 is 33.3. The van der Waals surface area contributed by atoms with Gasteiger partial charge >= 0.3 is 6.09 Å². The summed E-state index contributed by atoms with van der Waals surface area (Å²) in [7, 11) is 0. The maximum Gasteiger partial charge on any atom is 0.410 e. The van der Waals surface area contributed by atoms with Gasteiger partial charge in [0.1, 0.15) is 17.2 Å². The van der Waals surface area contributed by atoms with E-state index in [4.69, 9.17) is 10.5 Å². The molecule has 1 heterocycles. The van der Waals surface area contributed by atoms with Crippen LogP contribution in [0.2, 0.25) is 0 Å². The van der Waals surface area contributed by atoms with Crippen LogP contribution in [0.3, 0.4) is 0 Å². The second-order valence-corrected chi connectivity index (χ2v) is 10.6. The van der Waals surface area contributed by atoms with Crippen LogP contribution < -0.4 is 5.73 Å². The van der Waals surface area contributed by atoms with Crippen LogP contribution in [-0.4, -0.2) is 40.6 Å². The minimum atomic E-state index is -0.624. The number of halogens is 2. The van der Waals surface area contributed by atoms with Gasteiger partial charge in [-0.3, -0.25) is 4.90 Å². The van der Waals surface area contributed by atoms with Gasteiger partial charge in [-0.25, -0.2) is 13.6 Å². The summed E-state index contributed by atoms with van der Waals surface area (Å²) in [6, 6.07) is 20.5. The molecular formula is C30H35F2N3O2. The van der Waals surface area contributed by atoms with Crippen molar-refractivity contribution < 1.29 is 18.3 Å². The van der Waals surface area contributed by atoms with Gasteiger partial charge in [0.25, 0.3) is 0 Å². The Bertz CT molecular complexity index is 1200. The highest BCUT2D eigenvalue weighted by Gasteiger charge is 2.34. The molecule has 196 valence electrons. The molecule has 1 amide bonds. The Labute approximate surface area is 217 Å². The molecule has 0 aliphatic carbocycles. The summed E-state index contributed by atoms with van der Waals surface area (Å²) in [5.41, 5.74) is 9.83. The lowest BCUT2D eigenvalue weighted by Gasteiger charge is -2.42. The molecule has 0 spiro atoms. The van der Waals surface area contributed by atoms with Crippen molar-refractivity contribution in [3.05, 3.63) is 107 Å². The Balaban J connectivity index is 1.58. The normalized spacial score (nSPS) is 17.8. The maximum absolute atomic E-state index is 14.1. The molecule has 3 aromatic carbocycles. The van der Waals surface area contributed by atoms with Gasteiger partial charge in [-0.15, -0.1) is 0 Å². The van der Waals surface area contributed by atoms with E-state index < -0.39 is 5.60 Å². The zero-order valence-electron chi connectivity index (χ0n) is 21.7. The van der Waals surface area contributed by atoms with Gasteiger partial charge in [0.2, 0.25) is 0 Å². The lowest BCUT2D eigenvalue weighted by atomic mass is 9.86. The van der Waals surface area contributed by atoms with Crippen LogP contribution >= 0.6 is 0 Å². The minimum Gasteiger partial charge on any atom is -0.444 e. The highest BCUT2D eigenvalue weighted by atomic mass is 19.1. The Hall–Kier alpha value is -3.29. The second-order valence-electron chi connectivity index (χ2n) is 10.6. The molecule has 0 saturated carbocycles. The molecule has 37 heavy (non-hydrogen) atoms. The fourth-order valence-electron chi connectivity index (χ4n) is 4.78. The van der Waals surface area contributed by atoms with Crippen molar-refractivity contribution in [1.29, 1.82) is 0 Å². The summed E-state index contributed by atoms with van der Waals surface area (Å²) in [5, 5.41) is 0. The zero-order valence-corrected chi connectivity index (χ0v) is 21.7. The van der Waals surface area contributed by atoms with Crippen molar-refractivity contribution in [3.8, 4) is 0 Å². The Morgan fingerprint density at radius 3 is 2.35 bits per heavy atom. The SMILES string of the molecule is CC(C)(C)OC(=O)N(CCN1Cc2cc(F)ccc2C(N)C1Cc1ccc(F)cc1)Cc1ccccc1. The number of ether oxygens (including phenoxy) is 1. The minimum absolute atomic E-state index is 0.111. The fourth-order valence-corrected chi connectivity index (χ4v) is 4.78. The number of carbonyl (C=O) groups is 1. The second kappa shape index (κ2) is 11.4. The molecule has 7 heteroatoms. The number of hydrogen-bond acceptors (Lipinski definition) is 4. The quantitative estimate of drug-likeness (QED) is 0.437. The predicted octanol–water partition coefficient (Wildman–Crippen LogP) is 5.83. The largest absolute Gasteiger partial charge is 0.444 e. The van der Waals surface area contributed by atoms with Crippen LogP contribution in [0.25, 0.3) is 0 Å². The molecule has 0 bridgehead atoms. The van der Waals surface area contributed by atoms with E-state index in [1.807, 2.05) is 51.1 Å². The van der Waals surface area contributed by atoms with Crippen LogP contribution in [0.15, 0.2) is 72.8 Å². The number of hydrogen-bond donors (Lipinski definition) is 1. The molecule has 0 radical (unpaired) electrons. The highest BCUT2D eigenvalue weighted by molar-refractivity contribution is 5.68. The third kappa shape index (κ3) is 7.14. The number of carbonyl (C=O) groups excluding carboxylic acids is 1. The van der Waals surface area contributed by atoms with Gasteiger partial charge in [0, 0.05) is 38.3 Å². The van der Waals surface area contributed by atoms with Crippen molar-refractivity contribution in [2.45, 2.75) is 58.0 Å². The van der Waals surface area contributed by atoms with Gasteiger partial charge in [-0.2, -0.15) is 0 Å². The Morgan fingerprint density at radius 2 is 1.68 bits per heavy atom. The van der Waals surface area contributed by atoms with Gasteiger partial charge in [0.05, 0.1) is 0 Å². The highest BCUT2D eigenvalue weighted by Crippen LogP contribution is 2.32. The van der Waals surface area contributed by atoms with Gasteiger partial charge in [-0.1, -0.05) is 48.5 Å². The molecule has 0 saturated heterocycles. The van der Waals surface area contributed by atoms with Crippen molar-refractivity contribution in [2.75, 3.05) is 13.1 Å². The maximum atomic E-state index is 14.1. The zero-order chi connectivity index (χ0) is 26.6. The third-order valence-corrected chi connectivity index (χ3v) is 6.60. The molecule has 0 fully saturated rings. The smallest absolute Gasteiger partial charge is 0.410 e. The first-order valence-electron chi connectivity index (χ1n) is 12.6. The van der Waals surface area contributed by atoms with Crippen LogP contribution in [0, 0.1) is 11.6 Å². The van der Waals surface area contributed by atoms with Crippen molar-refractivity contribution in [1.82, 2.24) is 9.80 Å². The van der Waals surface area contributed by atoms with Crippen LogP contribution in [0.1, 0.15) is 49.1 Å². The van der Waals surface area contributed by atoms with Crippen molar-refractivity contribution >= 4 is 6.09 Å². The van der Waals surface area contributed by atoms with Gasteiger partial charge in [-0.05, 0) is 73.7 Å². The average molecular weight is 508 g/mol.